The summed E-state index contributed by atoms with van der Waals surface area (Å²) in [5, 5.41) is 3.65. The van der Waals surface area contributed by atoms with Crippen molar-refractivity contribution in [3.8, 4) is 17.3 Å². The highest BCUT2D eigenvalue weighted by Gasteiger charge is 2.22. The van der Waals surface area contributed by atoms with Gasteiger partial charge in [-0.25, -0.2) is 4.98 Å². The van der Waals surface area contributed by atoms with Gasteiger partial charge in [0, 0.05) is 19.4 Å². The van der Waals surface area contributed by atoms with Crippen LogP contribution in [-0.2, 0) is 4.74 Å². The Hall–Kier alpha value is -2.77. The predicted molar refractivity (Wildman–Crippen MR) is 119 cm³/mol. The first-order valence-electron chi connectivity index (χ1n) is 10.2. The van der Waals surface area contributed by atoms with Crippen molar-refractivity contribution >= 4 is 32.3 Å². The fourth-order valence-electron chi connectivity index (χ4n) is 4.07. The van der Waals surface area contributed by atoms with E-state index in [1.165, 1.54) is 0 Å². The van der Waals surface area contributed by atoms with Gasteiger partial charge in [-0.05, 0) is 73.2 Å². The normalized spacial score (nSPS) is 16.2. The van der Waals surface area contributed by atoms with Crippen molar-refractivity contribution in [3.63, 3.8) is 0 Å². The molecule has 30 heavy (non-hydrogen) atoms. The van der Waals surface area contributed by atoms with Crippen LogP contribution >= 0.6 is 11.3 Å². The van der Waals surface area contributed by atoms with Gasteiger partial charge in [0.1, 0.15) is 11.4 Å². The fourth-order valence-corrected chi connectivity index (χ4v) is 4.80. The summed E-state index contributed by atoms with van der Waals surface area (Å²) in [4.78, 5) is 25.0. The third kappa shape index (κ3) is 3.59. The standard InChI is InChI=1S/C23H23N3O3S/c1-13-9-17(29-14(2)15-3-6-28-7-4-15)11-18-21(13)25-22(26-23(18)27)19-10-16-5-8-30-20(16)12-24-19/h5,8-12,14-15H,3-4,6-7H2,1-2H3,(H,25,26,27)/t14-/m1/s1. The lowest BCUT2D eigenvalue weighted by Crippen LogP contribution is -2.29. The van der Waals surface area contributed by atoms with Gasteiger partial charge in [-0.15, -0.1) is 11.3 Å². The molecular weight excluding hydrogens is 398 g/mol. The molecule has 1 aliphatic rings. The molecule has 0 amide bonds. The zero-order valence-electron chi connectivity index (χ0n) is 17.0. The quantitative estimate of drug-likeness (QED) is 0.517. The minimum absolute atomic E-state index is 0.0682. The molecule has 3 aromatic heterocycles. The molecule has 1 saturated heterocycles. The van der Waals surface area contributed by atoms with Crippen LogP contribution in [0.4, 0.5) is 0 Å². The van der Waals surface area contributed by atoms with E-state index in [1.54, 1.807) is 17.4 Å². The van der Waals surface area contributed by atoms with Crippen molar-refractivity contribution in [3.05, 3.63) is 51.8 Å². The second kappa shape index (κ2) is 7.81. The highest BCUT2D eigenvalue weighted by Crippen LogP contribution is 2.28. The summed E-state index contributed by atoms with van der Waals surface area (Å²) < 4.78 is 12.8. The van der Waals surface area contributed by atoms with Gasteiger partial charge < -0.3 is 14.5 Å². The average molecular weight is 422 g/mol. The molecule has 4 heterocycles. The molecule has 1 aliphatic heterocycles. The Morgan fingerprint density at radius 2 is 2.10 bits per heavy atom. The summed E-state index contributed by atoms with van der Waals surface area (Å²) in [6.07, 6.45) is 3.89. The topological polar surface area (TPSA) is 77.1 Å². The number of hydrogen-bond donors (Lipinski definition) is 1. The van der Waals surface area contributed by atoms with Crippen LogP contribution in [0.1, 0.15) is 25.3 Å². The van der Waals surface area contributed by atoms with Crippen LogP contribution in [0.2, 0.25) is 0 Å². The third-order valence-electron chi connectivity index (χ3n) is 5.81. The van der Waals surface area contributed by atoms with Gasteiger partial charge in [-0.3, -0.25) is 9.78 Å². The molecule has 1 N–H and O–H groups in total. The van der Waals surface area contributed by atoms with Crippen molar-refractivity contribution < 1.29 is 9.47 Å². The van der Waals surface area contributed by atoms with Crippen LogP contribution in [-0.4, -0.2) is 34.3 Å². The van der Waals surface area contributed by atoms with Gasteiger partial charge in [0.25, 0.3) is 5.56 Å². The molecule has 4 aromatic rings. The van der Waals surface area contributed by atoms with Crippen LogP contribution in [0, 0.1) is 12.8 Å². The average Bonchev–Trinajstić information content (AvgIpc) is 3.23. The largest absolute Gasteiger partial charge is 0.490 e. The second-order valence-corrected chi connectivity index (χ2v) is 8.80. The number of pyridine rings is 1. The number of rotatable bonds is 4. The molecular formula is C23H23N3O3S. The summed E-state index contributed by atoms with van der Waals surface area (Å²) in [6, 6.07) is 7.75. The van der Waals surface area contributed by atoms with Crippen LogP contribution < -0.4 is 10.3 Å². The number of H-pyrrole nitrogens is 1. The van der Waals surface area contributed by atoms with Gasteiger partial charge in [0.15, 0.2) is 5.82 Å². The van der Waals surface area contributed by atoms with E-state index in [-0.39, 0.29) is 11.7 Å². The van der Waals surface area contributed by atoms with Crippen molar-refractivity contribution in [1.82, 2.24) is 15.0 Å². The predicted octanol–water partition coefficient (Wildman–Crippen LogP) is 4.70. The number of thiophene rings is 1. The number of nitrogens with zero attached hydrogens (tertiary/aromatic N) is 2. The Morgan fingerprint density at radius 1 is 1.27 bits per heavy atom. The number of ether oxygens (including phenoxy) is 2. The number of aryl methyl sites for hydroxylation is 1. The number of aromatic amines is 1. The van der Waals surface area contributed by atoms with E-state index in [0.29, 0.717) is 34.1 Å². The molecule has 0 spiro atoms. The number of nitrogens with one attached hydrogen (secondary N) is 1. The first kappa shape index (κ1) is 19.2. The lowest BCUT2D eigenvalue weighted by Gasteiger charge is -2.28. The summed E-state index contributed by atoms with van der Waals surface area (Å²) in [5.74, 6) is 1.65. The van der Waals surface area contributed by atoms with Gasteiger partial charge in [0.05, 0.1) is 21.7 Å². The molecule has 1 fully saturated rings. The Labute approximate surface area is 177 Å². The van der Waals surface area contributed by atoms with E-state index < -0.39 is 0 Å². The molecule has 0 bridgehead atoms. The molecule has 0 radical (unpaired) electrons. The molecule has 0 unspecified atom stereocenters. The summed E-state index contributed by atoms with van der Waals surface area (Å²) in [6.45, 7) is 5.62. The van der Waals surface area contributed by atoms with E-state index in [0.717, 1.165) is 41.7 Å². The van der Waals surface area contributed by atoms with Gasteiger partial charge in [-0.2, -0.15) is 0 Å². The monoisotopic (exact) mass is 421 g/mol. The molecule has 0 saturated carbocycles. The molecule has 1 aromatic carbocycles. The van der Waals surface area contributed by atoms with E-state index in [9.17, 15) is 4.79 Å². The zero-order valence-corrected chi connectivity index (χ0v) is 17.8. The Bertz CT molecular complexity index is 1270. The number of benzene rings is 1. The molecule has 1 atom stereocenters. The van der Waals surface area contributed by atoms with Crippen LogP contribution in [0.25, 0.3) is 32.5 Å². The highest BCUT2D eigenvalue weighted by molar-refractivity contribution is 7.17. The molecule has 6 nitrogen and oxygen atoms in total. The Balaban J connectivity index is 1.50. The first-order chi connectivity index (χ1) is 14.6. The van der Waals surface area contributed by atoms with Crippen LogP contribution in [0.15, 0.2) is 40.6 Å². The highest BCUT2D eigenvalue weighted by atomic mass is 32.1. The molecule has 0 aliphatic carbocycles. The Morgan fingerprint density at radius 3 is 2.93 bits per heavy atom. The van der Waals surface area contributed by atoms with Crippen molar-refractivity contribution in [2.24, 2.45) is 5.92 Å². The molecule has 5 rings (SSSR count). The summed E-state index contributed by atoms with van der Waals surface area (Å²) in [7, 11) is 0. The van der Waals surface area contributed by atoms with Crippen molar-refractivity contribution in [2.75, 3.05) is 13.2 Å². The third-order valence-corrected chi connectivity index (χ3v) is 6.68. The van der Waals surface area contributed by atoms with Gasteiger partial charge >= 0.3 is 0 Å². The first-order valence-corrected chi connectivity index (χ1v) is 11.1. The van der Waals surface area contributed by atoms with E-state index in [1.807, 2.05) is 36.7 Å². The number of fused-ring (bicyclic) bond motifs is 2. The van der Waals surface area contributed by atoms with E-state index in [4.69, 9.17) is 14.5 Å². The maximum Gasteiger partial charge on any atom is 0.259 e. The van der Waals surface area contributed by atoms with Crippen LogP contribution in [0.3, 0.4) is 0 Å². The summed E-state index contributed by atoms with van der Waals surface area (Å²) in [5.41, 5.74) is 2.06. The number of hydrogen-bond acceptors (Lipinski definition) is 6. The Kier molecular flexibility index (Phi) is 5.00. The minimum Gasteiger partial charge on any atom is -0.490 e. The summed E-state index contributed by atoms with van der Waals surface area (Å²) >= 11 is 1.64. The smallest absolute Gasteiger partial charge is 0.259 e. The zero-order chi connectivity index (χ0) is 20.7. The molecule has 7 heteroatoms. The lowest BCUT2D eigenvalue weighted by atomic mass is 9.95. The minimum atomic E-state index is -0.186. The van der Waals surface area contributed by atoms with Crippen molar-refractivity contribution in [1.29, 1.82) is 0 Å². The second-order valence-electron chi connectivity index (χ2n) is 7.85. The SMILES string of the molecule is Cc1cc(O[C@H](C)C2CCOCC2)cc2c(=O)[nH]c(-c3cc4ccsc4cn3)nc12. The fraction of sp³-hybridized carbons (Fsp3) is 0.348. The number of aromatic nitrogens is 3. The lowest BCUT2D eigenvalue weighted by molar-refractivity contribution is 0.0239. The van der Waals surface area contributed by atoms with Crippen LogP contribution in [0.5, 0.6) is 5.75 Å². The van der Waals surface area contributed by atoms with E-state index in [2.05, 4.69) is 16.9 Å². The van der Waals surface area contributed by atoms with Gasteiger partial charge in [0.2, 0.25) is 0 Å². The maximum absolute atomic E-state index is 12.9. The van der Waals surface area contributed by atoms with E-state index >= 15 is 0 Å². The molecule has 154 valence electrons. The van der Waals surface area contributed by atoms with Gasteiger partial charge in [-0.1, -0.05) is 0 Å². The van der Waals surface area contributed by atoms with Crippen molar-refractivity contribution in [2.45, 2.75) is 32.8 Å². The maximum atomic E-state index is 12.9.